The van der Waals surface area contributed by atoms with Gasteiger partial charge in [-0.25, -0.2) is 9.07 Å². The minimum Gasteiger partial charge on any atom is -0.362 e. The lowest BCUT2D eigenvalue weighted by Gasteiger charge is -2.33. The van der Waals surface area contributed by atoms with Crippen molar-refractivity contribution in [2.75, 3.05) is 5.32 Å². The van der Waals surface area contributed by atoms with Crippen LogP contribution in [0.2, 0.25) is 5.02 Å². The summed E-state index contributed by atoms with van der Waals surface area (Å²) in [5.41, 5.74) is 0.974. The quantitative estimate of drug-likeness (QED) is 0.530. The standard InChI is InChI=1S/C21H17ClF4N4O/c22-17-18(20(31)27-11-12-6-8-14(23)9-7-12)29-30-16(21(24,25)26)10-15(28-19(17)30)13-4-2-1-3-5-13/h1-9,15-16,28H,10-11H2,(H,27,31)/t15-,16+/m0/s1. The van der Waals surface area contributed by atoms with Gasteiger partial charge in [0.05, 0.1) is 6.04 Å². The number of fused-ring (bicyclic) bond motifs is 1. The molecule has 1 aromatic heterocycles. The molecule has 0 spiro atoms. The predicted molar refractivity (Wildman–Crippen MR) is 107 cm³/mol. The largest absolute Gasteiger partial charge is 0.410 e. The van der Waals surface area contributed by atoms with E-state index in [0.717, 1.165) is 4.68 Å². The van der Waals surface area contributed by atoms with Crippen LogP contribution in [-0.4, -0.2) is 21.9 Å². The third-order valence-corrected chi connectivity index (χ3v) is 5.44. The number of carbonyl (C=O) groups excluding carboxylic acids is 1. The SMILES string of the molecule is O=C(NCc1ccc(F)cc1)c1nn2c(c1Cl)N[C@H](c1ccccc1)C[C@@H]2C(F)(F)F. The van der Waals surface area contributed by atoms with Crippen LogP contribution in [0.3, 0.4) is 0 Å². The number of rotatable bonds is 4. The van der Waals surface area contributed by atoms with Crippen molar-refractivity contribution < 1.29 is 22.4 Å². The molecule has 2 N–H and O–H groups in total. The van der Waals surface area contributed by atoms with Gasteiger partial charge in [0.25, 0.3) is 5.91 Å². The maximum absolute atomic E-state index is 13.8. The highest BCUT2D eigenvalue weighted by molar-refractivity contribution is 6.36. The summed E-state index contributed by atoms with van der Waals surface area (Å²) in [6, 6.07) is 11.6. The second-order valence-electron chi connectivity index (χ2n) is 7.17. The maximum Gasteiger partial charge on any atom is 0.410 e. The van der Waals surface area contributed by atoms with Crippen molar-refractivity contribution in [2.24, 2.45) is 0 Å². The van der Waals surface area contributed by atoms with Gasteiger partial charge in [0.15, 0.2) is 11.7 Å². The molecule has 0 aliphatic carbocycles. The van der Waals surface area contributed by atoms with Crippen molar-refractivity contribution in [2.45, 2.75) is 31.2 Å². The first-order valence-corrected chi connectivity index (χ1v) is 9.80. The van der Waals surface area contributed by atoms with Crippen LogP contribution < -0.4 is 10.6 Å². The number of nitrogens with zero attached hydrogens (tertiary/aromatic N) is 2. The van der Waals surface area contributed by atoms with E-state index in [1.807, 2.05) is 0 Å². The van der Waals surface area contributed by atoms with E-state index in [1.165, 1.54) is 24.3 Å². The van der Waals surface area contributed by atoms with E-state index in [9.17, 15) is 22.4 Å². The van der Waals surface area contributed by atoms with E-state index < -0.39 is 30.0 Å². The molecule has 2 heterocycles. The Morgan fingerprint density at radius 3 is 2.48 bits per heavy atom. The molecule has 31 heavy (non-hydrogen) atoms. The van der Waals surface area contributed by atoms with Crippen LogP contribution in [0.15, 0.2) is 54.6 Å². The molecule has 3 aromatic rings. The van der Waals surface area contributed by atoms with Crippen molar-refractivity contribution >= 4 is 23.3 Å². The van der Waals surface area contributed by atoms with Gasteiger partial charge >= 0.3 is 6.18 Å². The average Bonchev–Trinajstić information content (AvgIpc) is 3.09. The second-order valence-corrected chi connectivity index (χ2v) is 7.54. The third-order valence-electron chi connectivity index (χ3n) is 5.08. The molecule has 0 bridgehead atoms. The van der Waals surface area contributed by atoms with Crippen LogP contribution in [0.4, 0.5) is 23.4 Å². The van der Waals surface area contributed by atoms with Gasteiger partial charge in [-0.3, -0.25) is 4.79 Å². The van der Waals surface area contributed by atoms with E-state index in [2.05, 4.69) is 15.7 Å². The lowest BCUT2D eigenvalue weighted by Crippen LogP contribution is -2.35. The average molecular weight is 453 g/mol. The van der Waals surface area contributed by atoms with Crippen molar-refractivity contribution in [3.05, 3.63) is 82.3 Å². The number of nitrogens with one attached hydrogen (secondary N) is 2. The minimum atomic E-state index is -4.58. The summed E-state index contributed by atoms with van der Waals surface area (Å²) in [4.78, 5) is 12.6. The normalized spacial score (nSPS) is 18.2. The van der Waals surface area contributed by atoms with Gasteiger partial charge in [0, 0.05) is 13.0 Å². The van der Waals surface area contributed by atoms with Crippen LogP contribution in [0.1, 0.15) is 40.1 Å². The number of amides is 1. The Hall–Kier alpha value is -3.07. The summed E-state index contributed by atoms with van der Waals surface area (Å²) >= 11 is 6.28. The van der Waals surface area contributed by atoms with Crippen molar-refractivity contribution in [3.8, 4) is 0 Å². The smallest absolute Gasteiger partial charge is 0.362 e. The van der Waals surface area contributed by atoms with Crippen LogP contribution in [-0.2, 0) is 6.54 Å². The Balaban J connectivity index is 1.62. The van der Waals surface area contributed by atoms with Gasteiger partial charge in [-0.15, -0.1) is 0 Å². The molecule has 0 saturated heterocycles. The van der Waals surface area contributed by atoms with Gasteiger partial charge in [0.1, 0.15) is 16.7 Å². The van der Waals surface area contributed by atoms with E-state index in [1.54, 1.807) is 30.3 Å². The Morgan fingerprint density at radius 2 is 1.84 bits per heavy atom. The zero-order chi connectivity index (χ0) is 22.2. The molecule has 1 aliphatic heterocycles. The Labute approximate surface area is 180 Å². The van der Waals surface area contributed by atoms with Crippen molar-refractivity contribution in [1.29, 1.82) is 0 Å². The number of aromatic nitrogens is 2. The molecule has 1 amide bonds. The van der Waals surface area contributed by atoms with Crippen LogP contribution >= 0.6 is 11.6 Å². The minimum absolute atomic E-state index is 0.0421. The Morgan fingerprint density at radius 1 is 1.16 bits per heavy atom. The molecular formula is C21H17ClF4N4O. The molecular weight excluding hydrogens is 436 g/mol. The summed E-state index contributed by atoms with van der Waals surface area (Å²) in [5, 5.41) is 9.23. The Bertz CT molecular complexity index is 1080. The Kier molecular flexibility index (Phi) is 5.62. The summed E-state index contributed by atoms with van der Waals surface area (Å²) < 4.78 is 55.1. The lowest BCUT2D eigenvalue weighted by atomic mass is 9.97. The fraction of sp³-hybridized carbons (Fsp3) is 0.238. The molecule has 0 fully saturated rings. The van der Waals surface area contributed by atoms with Gasteiger partial charge in [-0.05, 0) is 23.3 Å². The van der Waals surface area contributed by atoms with Gasteiger partial charge in [-0.2, -0.15) is 18.3 Å². The van der Waals surface area contributed by atoms with E-state index in [4.69, 9.17) is 11.6 Å². The molecule has 5 nitrogen and oxygen atoms in total. The summed E-state index contributed by atoms with van der Waals surface area (Å²) in [7, 11) is 0. The molecule has 10 heteroatoms. The highest BCUT2D eigenvalue weighted by Gasteiger charge is 2.47. The molecule has 0 radical (unpaired) electrons. The third kappa shape index (κ3) is 4.36. The number of halogens is 5. The molecule has 2 aromatic carbocycles. The van der Waals surface area contributed by atoms with Gasteiger partial charge < -0.3 is 10.6 Å². The topological polar surface area (TPSA) is 59.0 Å². The van der Waals surface area contributed by atoms with Gasteiger partial charge in [0.2, 0.25) is 0 Å². The number of hydrogen-bond acceptors (Lipinski definition) is 3. The number of anilines is 1. The molecule has 0 unspecified atom stereocenters. The van der Waals surface area contributed by atoms with Crippen molar-refractivity contribution in [1.82, 2.24) is 15.1 Å². The summed E-state index contributed by atoms with van der Waals surface area (Å²) in [6.07, 6.45) is -4.88. The zero-order valence-corrected chi connectivity index (χ0v) is 16.7. The highest BCUT2D eigenvalue weighted by Crippen LogP contribution is 2.46. The molecule has 0 saturated carbocycles. The molecule has 162 valence electrons. The predicted octanol–water partition coefficient (Wildman–Crippen LogP) is 5.27. The lowest BCUT2D eigenvalue weighted by molar-refractivity contribution is -0.173. The van der Waals surface area contributed by atoms with E-state index >= 15 is 0 Å². The number of alkyl halides is 3. The number of carbonyl (C=O) groups is 1. The summed E-state index contributed by atoms with van der Waals surface area (Å²) in [6.45, 7) is 0.0421. The fourth-order valence-corrected chi connectivity index (χ4v) is 3.77. The zero-order valence-electron chi connectivity index (χ0n) is 16.0. The van der Waals surface area contributed by atoms with Crippen LogP contribution in [0, 0.1) is 5.82 Å². The number of benzene rings is 2. The first-order valence-electron chi connectivity index (χ1n) is 9.43. The number of hydrogen-bond donors (Lipinski definition) is 2. The second kappa shape index (κ2) is 8.22. The first kappa shape index (κ1) is 21.2. The van der Waals surface area contributed by atoms with Crippen LogP contribution in [0.25, 0.3) is 0 Å². The van der Waals surface area contributed by atoms with E-state index in [0.29, 0.717) is 11.1 Å². The highest BCUT2D eigenvalue weighted by atomic mass is 35.5. The monoisotopic (exact) mass is 452 g/mol. The van der Waals surface area contributed by atoms with E-state index in [-0.39, 0.29) is 29.5 Å². The van der Waals surface area contributed by atoms with Crippen LogP contribution in [0.5, 0.6) is 0 Å². The van der Waals surface area contributed by atoms with Crippen molar-refractivity contribution in [3.63, 3.8) is 0 Å². The fourth-order valence-electron chi connectivity index (χ4n) is 3.51. The molecule has 2 atom stereocenters. The molecule has 1 aliphatic rings. The molecule has 4 rings (SSSR count). The summed E-state index contributed by atoms with van der Waals surface area (Å²) in [5.74, 6) is -1.21. The maximum atomic E-state index is 13.8. The van der Waals surface area contributed by atoms with Gasteiger partial charge in [-0.1, -0.05) is 54.1 Å². The first-order chi connectivity index (χ1) is 14.7.